The summed E-state index contributed by atoms with van der Waals surface area (Å²) >= 11 is 6.11. The van der Waals surface area contributed by atoms with E-state index < -0.39 is 17.7 Å². The maximum Gasteiger partial charge on any atom is 0.340 e. The van der Waals surface area contributed by atoms with Crippen molar-refractivity contribution in [3.05, 3.63) is 81.2 Å². The van der Waals surface area contributed by atoms with Crippen LogP contribution in [0.2, 0.25) is 5.02 Å². The van der Waals surface area contributed by atoms with Crippen LogP contribution in [0.4, 0.5) is 4.39 Å². The number of carbonyl (C=O) groups is 2. The van der Waals surface area contributed by atoms with Crippen LogP contribution in [-0.4, -0.2) is 25.5 Å². The second kappa shape index (κ2) is 10.5. The molecule has 0 spiro atoms. The molecule has 2 aromatic carbocycles. The Morgan fingerprint density at radius 1 is 1.19 bits per heavy atom. The van der Waals surface area contributed by atoms with Gasteiger partial charge in [0.15, 0.2) is 5.78 Å². The number of carbonyl (C=O) groups excluding carboxylic acids is 2. The molecule has 0 radical (unpaired) electrons. The third-order valence-corrected chi connectivity index (χ3v) is 6.66. The van der Waals surface area contributed by atoms with Crippen LogP contribution in [0.5, 0.6) is 11.5 Å². The van der Waals surface area contributed by atoms with E-state index in [1.807, 2.05) is 13.8 Å². The van der Waals surface area contributed by atoms with Crippen molar-refractivity contribution in [2.24, 2.45) is 11.1 Å². The first-order chi connectivity index (χ1) is 17.5. The van der Waals surface area contributed by atoms with E-state index in [0.29, 0.717) is 46.8 Å². The third-order valence-electron chi connectivity index (χ3n) is 6.37. The van der Waals surface area contributed by atoms with Crippen molar-refractivity contribution in [1.29, 1.82) is 0 Å². The molecule has 37 heavy (non-hydrogen) atoms. The van der Waals surface area contributed by atoms with Crippen LogP contribution in [0.15, 0.2) is 59.2 Å². The summed E-state index contributed by atoms with van der Waals surface area (Å²) in [5.41, 5.74) is 7.67. The molecule has 9 heteroatoms. The smallest absolute Gasteiger partial charge is 0.340 e. The van der Waals surface area contributed by atoms with Crippen molar-refractivity contribution in [1.82, 2.24) is 0 Å². The standard InChI is InChI=1S/C28H29ClFNO6/c1-5-35-27(33)25-23(24-19(32)12-28(2,3)13-22(24)37-26(25)31)15-6-8-20(34-4)16(10-15)14-36-21-9-7-17(30)11-18(21)29/h6-11,23H,5,12-14,31H2,1-4H3/t23-/m1/s1. The Morgan fingerprint density at radius 3 is 2.59 bits per heavy atom. The summed E-state index contributed by atoms with van der Waals surface area (Å²) in [5.74, 6) is -0.829. The van der Waals surface area contributed by atoms with Crippen molar-refractivity contribution in [2.75, 3.05) is 13.7 Å². The number of hydrogen-bond donors (Lipinski definition) is 1. The quantitative estimate of drug-likeness (QED) is 0.469. The fourth-order valence-electron chi connectivity index (χ4n) is 4.76. The number of allylic oxidation sites excluding steroid dienone is 2. The molecule has 1 aliphatic carbocycles. The first-order valence-electron chi connectivity index (χ1n) is 11.9. The minimum atomic E-state index is -0.787. The number of methoxy groups -OCH3 is 1. The lowest BCUT2D eigenvalue weighted by molar-refractivity contribution is -0.139. The Bertz CT molecular complexity index is 1320. The molecule has 0 saturated heterocycles. The molecule has 2 aromatic rings. The van der Waals surface area contributed by atoms with Gasteiger partial charge in [-0.25, -0.2) is 9.18 Å². The summed E-state index contributed by atoms with van der Waals surface area (Å²) in [6.45, 7) is 5.83. The number of hydrogen-bond acceptors (Lipinski definition) is 7. The summed E-state index contributed by atoms with van der Waals surface area (Å²) < 4.78 is 35.9. The molecule has 2 N–H and O–H groups in total. The Morgan fingerprint density at radius 2 is 1.92 bits per heavy atom. The molecule has 2 aliphatic rings. The Balaban J connectivity index is 1.79. The molecule has 0 aromatic heterocycles. The minimum absolute atomic E-state index is 0.0341. The van der Waals surface area contributed by atoms with Gasteiger partial charge in [-0.15, -0.1) is 0 Å². The second-order valence-electron chi connectivity index (χ2n) is 9.75. The van der Waals surface area contributed by atoms with Gasteiger partial charge in [-0.1, -0.05) is 31.5 Å². The molecule has 0 saturated carbocycles. The lowest BCUT2D eigenvalue weighted by atomic mass is 9.70. The molecular formula is C28H29ClFNO6. The fourth-order valence-corrected chi connectivity index (χ4v) is 4.99. The van der Waals surface area contributed by atoms with Crippen LogP contribution in [0.3, 0.4) is 0 Å². The highest BCUT2D eigenvalue weighted by atomic mass is 35.5. The predicted octanol–water partition coefficient (Wildman–Crippen LogP) is 5.56. The van der Waals surface area contributed by atoms with Gasteiger partial charge in [-0.05, 0) is 48.2 Å². The molecule has 1 heterocycles. The molecule has 1 aliphatic heterocycles. The molecule has 0 unspecified atom stereocenters. The molecule has 0 fully saturated rings. The van der Waals surface area contributed by atoms with Gasteiger partial charge in [0.1, 0.15) is 35.3 Å². The zero-order chi connectivity index (χ0) is 26.9. The summed E-state index contributed by atoms with van der Waals surface area (Å²) in [6.07, 6.45) is 0.799. The van der Waals surface area contributed by atoms with Gasteiger partial charge in [0.2, 0.25) is 5.88 Å². The zero-order valence-electron chi connectivity index (χ0n) is 21.2. The summed E-state index contributed by atoms with van der Waals surface area (Å²) in [4.78, 5) is 26.4. The topological polar surface area (TPSA) is 97.1 Å². The van der Waals surface area contributed by atoms with Gasteiger partial charge in [0, 0.05) is 24.0 Å². The Labute approximate surface area is 220 Å². The number of halogens is 2. The van der Waals surface area contributed by atoms with Gasteiger partial charge in [-0.2, -0.15) is 0 Å². The lowest BCUT2D eigenvalue weighted by Gasteiger charge is -2.38. The number of rotatable bonds is 7. The summed E-state index contributed by atoms with van der Waals surface area (Å²) in [5, 5.41) is 0.130. The molecule has 0 amide bonds. The van der Waals surface area contributed by atoms with Crippen LogP contribution in [0, 0.1) is 11.2 Å². The zero-order valence-corrected chi connectivity index (χ0v) is 21.9. The van der Waals surface area contributed by atoms with Crippen molar-refractivity contribution in [3.63, 3.8) is 0 Å². The van der Waals surface area contributed by atoms with Crippen LogP contribution in [0.25, 0.3) is 0 Å². The first-order valence-corrected chi connectivity index (χ1v) is 12.3. The maximum atomic E-state index is 13.4. The Hall–Kier alpha value is -3.52. The second-order valence-corrected chi connectivity index (χ2v) is 10.2. The normalized spacial score (nSPS) is 18.8. The third kappa shape index (κ3) is 5.44. The molecule has 1 atom stereocenters. The van der Waals surface area contributed by atoms with Gasteiger partial charge in [0.25, 0.3) is 0 Å². The van der Waals surface area contributed by atoms with E-state index in [1.165, 1.54) is 19.2 Å². The molecule has 7 nitrogen and oxygen atoms in total. The van der Waals surface area contributed by atoms with Crippen LogP contribution >= 0.6 is 11.6 Å². The van der Waals surface area contributed by atoms with Crippen molar-refractivity contribution in [2.45, 2.75) is 46.1 Å². The number of benzene rings is 2. The van der Waals surface area contributed by atoms with Gasteiger partial charge < -0.3 is 24.7 Å². The molecule has 4 rings (SSSR count). The average molecular weight is 530 g/mol. The van der Waals surface area contributed by atoms with Gasteiger partial charge in [-0.3, -0.25) is 4.79 Å². The molecule has 196 valence electrons. The van der Waals surface area contributed by atoms with E-state index in [9.17, 15) is 14.0 Å². The van der Waals surface area contributed by atoms with Gasteiger partial charge >= 0.3 is 5.97 Å². The number of ether oxygens (including phenoxy) is 4. The van der Waals surface area contributed by atoms with Crippen molar-refractivity contribution in [3.8, 4) is 11.5 Å². The van der Waals surface area contributed by atoms with Crippen LogP contribution in [0.1, 0.15) is 50.7 Å². The highest BCUT2D eigenvalue weighted by Gasteiger charge is 2.45. The lowest BCUT2D eigenvalue weighted by Crippen LogP contribution is -2.35. The van der Waals surface area contributed by atoms with E-state index in [1.54, 1.807) is 25.1 Å². The summed E-state index contributed by atoms with van der Waals surface area (Å²) in [7, 11) is 1.52. The van der Waals surface area contributed by atoms with E-state index in [0.717, 1.165) is 6.07 Å². The number of esters is 1. The van der Waals surface area contributed by atoms with E-state index in [4.69, 9.17) is 36.3 Å². The molecular weight excluding hydrogens is 501 g/mol. The number of nitrogens with two attached hydrogens (primary N) is 1. The van der Waals surface area contributed by atoms with Crippen molar-refractivity contribution >= 4 is 23.4 Å². The van der Waals surface area contributed by atoms with Crippen LogP contribution < -0.4 is 15.2 Å². The highest BCUT2D eigenvalue weighted by Crippen LogP contribution is 2.48. The monoisotopic (exact) mass is 529 g/mol. The minimum Gasteiger partial charge on any atom is -0.496 e. The van der Waals surface area contributed by atoms with Gasteiger partial charge in [0.05, 0.1) is 24.7 Å². The average Bonchev–Trinajstić information content (AvgIpc) is 2.81. The fraction of sp³-hybridized carbons (Fsp3) is 0.357. The van der Waals surface area contributed by atoms with Crippen LogP contribution in [-0.2, 0) is 25.7 Å². The SMILES string of the molecule is CCOC(=O)C1=C(N)OC2=C(C(=O)CC(C)(C)C2)[C@H]1c1ccc(OC)c(COc2ccc(F)cc2Cl)c1. The summed E-state index contributed by atoms with van der Waals surface area (Å²) in [6, 6.07) is 9.14. The van der Waals surface area contributed by atoms with E-state index in [2.05, 4.69) is 0 Å². The predicted molar refractivity (Wildman–Crippen MR) is 135 cm³/mol. The highest BCUT2D eigenvalue weighted by molar-refractivity contribution is 6.32. The maximum absolute atomic E-state index is 13.4. The first kappa shape index (κ1) is 26.5. The van der Waals surface area contributed by atoms with Crippen molar-refractivity contribution < 1.29 is 32.9 Å². The Kier molecular flexibility index (Phi) is 7.50. The number of ketones is 1. The number of Topliss-reactive ketones (excluding diaryl/α,β-unsaturated/α-hetero) is 1. The largest absolute Gasteiger partial charge is 0.496 e. The van der Waals surface area contributed by atoms with E-state index in [-0.39, 0.29) is 40.9 Å². The molecule has 0 bridgehead atoms. The van der Waals surface area contributed by atoms with E-state index >= 15 is 0 Å².